The van der Waals surface area contributed by atoms with E-state index >= 15 is 0 Å². The van der Waals surface area contributed by atoms with Gasteiger partial charge in [0.25, 0.3) is 0 Å². The van der Waals surface area contributed by atoms with Gasteiger partial charge in [0.2, 0.25) is 5.91 Å². The lowest BCUT2D eigenvalue weighted by molar-refractivity contribution is -0.135. The van der Waals surface area contributed by atoms with E-state index in [1.165, 1.54) is 5.56 Å². The fourth-order valence-corrected chi connectivity index (χ4v) is 3.27. The molecule has 0 saturated carbocycles. The second kappa shape index (κ2) is 7.41. The lowest BCUT2D eigenvalue weighted by Gasteiger charge is -2.35. The molecule has 3 nitrogen and oxygen atoms in total. The Hall–Kier alpha value is -0.870. The number of benzene rings is 1. The predicted molar refractivity (Wildman–Crippen MR) is 90.1 cm³/mol. The minimum Gasteiger partial charge on any atom is -0.342 e. The number of likely N-dealkylation sites (tertiary alicyclic amines) is 1. The summed E-state index contributed by atoms with van der Waals surface area (Å²) in [6.07, 6.45) is 2.08. The molecule has 1 atom stereocenters. The van der Waals surface area contributed by atoms with E-state index in [4.69, 9.17) is 0 Å². The van der Waals surface area contributed by atoms with E-state index in [1.807, 2.05) is 24.8 Å². The van der Waals surface area contributed by atoms with Gasteiger partial charge in [0.1, 0.15) is 0 Å². The second-order valence-electron chi connectivity index (χ2n) is 6.20. The lowest BCUT2D eigenvalue weighted by atomic mass is 10.0. The van der Waals surface area contributed by atoms with Gasteiger partial charge in [-0.1, -0.05) is 41.9 Å². The Balaban J connectivity index is 1.85. The Bertz CT molecular complexity index is 481. The quantitative estimate of drug-likeness (QED) is 0.894. The van der Waals surface area contributed by atoms with Crippen LogP contribution in [0, 0.1) is 5.92 Å². The molecule has 1 saturated heterocycles. The highest BCUT2D eigenvalue weighted by molar-refractivity contribution is 9.10. The average Bonchev–Trinajstić information content (AvgIpc) is 2.47. The summed E-state index contributed by atoms with van der Waals surface area (Å²) >= 11 is 3.52. The molecule has 1 aliphatic rings. The van der Waals surface area contributed by atoms with Gasteiger partial charge in [-0.05, 0) is 37.5 Å². The molecule has 1 aromatic carbocycles. The zero-order chi connectivity index (χ0) is 15.4. The molecule has 2 rings (SSSR count). The third-order valence-corrected chi connectivity index (χ3v) is 4.63. The van der Waals surface area contributed by atoms with Gasteiger partial charge in [-0.15, -0.1) is 0 Å². The zero-order valence-electron chi connectivity index (χ0n) is 13.1. The molecule has 21 heavy (non-hydrogen) atoms. The van der Waals surface area contributed by atoms with Crippen molar-refractivity contribution in [3.05, 3.63) is 34.3 Å². The topological polar surface area (TPSA) is 32.3 Å². The van der Waals surface area contributed by atoms with Crippen molar-refractivity contribution in [3.63, 3.8) is 0 Å². The fourth-order valence-electron chi connectivity index (χ4n) is 2.86. The van der Waals surface area contributed by atoms with E-state index in [-0.39, 0.29) is 11.8 Å². The molecule has 0 aromatic heterocycles. The molecule has 4 heteroatoms. The first kappa shape index (κ1) is 16.5. The first-order valence-electron chi connectivity index (χ1n) is 7.77. The van der Waals surface area contributed by atoms with Crippen molar-refractivity contribution in [1.82, 2.24) is 10.2 Å². The minimum absolute atomic E-state index is 0.107. The van der Waals surface area contributed by atoms with Crippen LogP contribution in [0.2, 0.25) is 0 Å². The second-order valence-corrected chi connectivity index (χ2v) is 7.11. The third-order valence-electron chi connectivity index (χ3n) is 4.13. The summed E-state index contributed by atoms with van der Waals surface area (Å²) in [5.41, 5.74) is 1.30. The Kier molecular flexibility index (Phi) is 5.82. The number of rotatable bonds is 4. The normalized spacial score (nSPS) is 18.0. The minimum atomic E-state index is 0.107. The standard InChI is InChI=1S/C17H25BrN2O/c1-12(2)17(21)20-9-7-16(8-10-20)19-13(3)14-5-4-6-15(18)11-14/h4-6,11-13,16,19H,7-10H2,1-3H3. The van der Waals surface area contributed by atoms with Crippen molar-refractivity contribution in [1.29, 1.82) is 0 Å². The van der Waals surface area contributed by atoms with Crippen LogP contribution in [0.15, 0.2) is 28.7 Å². The number of hydrogen-bond donors (Lipinski definition) is 1. The molecule has 1 heterocycles. The van der Waals surface area contributed by atoms with Crippen molar-refractivity contribution in [2.24, 2.45) is 5.92 Å². The number of halogens is 1. The number of carbonyl (C=O) groups is 1. The summed E-state index contributed by atoms with van der Waals surface area (Å²) in [4.78, 5) is 14.0. The van der Waals surface area contributed by atoms with Gasteiger partial charge in [0.05, 0.1) is 0 Å². The molecule has 0 aliphatic carbocycles. The van der Waals surface area contributed by atoms with Gasteiger partial charge in [0.15, 0.2) is 0 Å². The maximum Gasteiger partial charge on any atom is 0.225 e. The summed E-state index contributed by atoms with van der Waals surface area (Å²) in [6, 6.07) is 9.26. The van der Waals surface area contributed by atoms with Crippen molar-refractivity contribution in [2.45, 2.75) is 45.7 Å². The molecular formula is C17H25BrN2O. The lowest BCUT2D eigenvalue weighted by Crippen LogP contribution is -2.46. The van der Waals surface area contributed by atoms with Crippen molar-refractivity contribution in [2.75, 3.05) is 13.1 Å². The Morgan fingerprint density at radius 3 is 2.52 bits per heavy atom. The van der Waals surface area contributed by atoms with Gasteiger partial charge >= 0.3 is 0 Å². The smallest absolute Gasteiger partial charge is 0.225 e. The number of hydrogen-bond acceptors (Lipinski definition) is 2. The third kappa shape index (κ3) is 4.55. The summed E-state index contributed by atoms with van der Waals surface area (Å²) < 4.78 is 1.12. The number of nitrogens with one attached hydrogen (secondary N) is 1. The molecule has 0 bridgehead atoms. The molecule has 1 aromatic rings. The van der Waals surface area contributed by atoms with Crippen LogP contribution in [0.5, 0.6) is 0 Å². The predicted octanol–water partition coefficient (Wildman–Crippen LogP) is 3.75. The average molecular weight is 353 g/mol. The molecular weight excluding hydrogens is 328 g/mol. The molecule has 0 spiro atoms. The molecule has 0 radical (unpaired) electrons. The van der Waals surface area contributed by atoms with Gasteiger partial charge in [-0.2, -0.15) is 0 Å². The maximum absolute atomic E-state index is 12.0. The molecule has 1 amide bonds. The van der Waals surface area contributed by atoms with Crippen LogP contribution in [-0.2, 0) is 4.79 Å². The fraction of sp³-hybridized carbons (Fsp3) is 0.588. The monoisotopic (exact) mass is 352 g/mol. The highest BCUT2D eigenvalue weighted by Gasteiger charge is 2.25. The highest BCUT2D eigenvalue weighted by Crippen LogP contribution is 2.21. The van der Waals surface area contributed by atoms with E-state index in [9.17, 15) is 4.79 Å². The summed E-state index contributed by atoms with van der Waals surface area (Å²) in [6.45, 7) is 7.90. The molecule has 1 aliphatic heterocycles. The van der Waals surface area contributed by atoms with E-state index in [0.29, 0.717) is 12.1 Å². The van der Waals surface area contributed by atoms with Crippen molar-refractivity contribution < 1.29 is 4.79 Å². The Labute approximate surface area is 136 Å². The summed E-state index contributed by atoms with van der Waals surface area (Å²) in [5.74, 6) is 0.392. The first-order valence-corrected chi connectivity index (χ1v) is 8.57. The number of amides is 1. The van der Waals surface area contributed by atoms with E-state index in [1.54, 1.807) is 0 Å². The zero-order valence-corrected chi connectivity index (χ0v) is 14.7. The number of nitrogens with zero attached hydrogens (tertiary/aromatic N) is 1. The van der Waals surface area contributed by atoms with Crippen molar-refractivity contribution >= 4 is 21.8 Å². The van der Waals surface area contributed by atoms with Gasteiger partial charge in [0, 0.05) is 35.6 Å². The highest BCUT2D eigenvalue weighted by atomic mass is 79.9. The van der Waals surface area contributed by atoms with Gasteiger partial charge in [-0.25, -0.2) is 0 Å². The van der Waals surface area contributed by atoms with Crippen LogP contribution < -0.4 is 5.32 Å². The SMILES string of the molecule is CC(C)C(=O)N1CCC(NC(C)c2cccc(Br)c2)CC1. The number of carbonyl (C=O) groups excluding carboxylic acids is 1. The van der Waals surface area contributed by atoms with Crippen LogP contribution in [0.1, 0.15) is 45.2 Å². The molecule has 1 fully saturated rings. The summed E-state index contributed by atoms with van der Waals surface area (Å²) in [5, 5.41) is 3.69. The largest absolute Gasteiger partial charge is 0.342 e. The summed E-state index contributed by atoms with van der Waals surface area (Å²) in [7, 11) is 0. The van der Waals surface area contributed by atoms with Crippen LogP contribution in [0.4, 0.5) is 0 Å². The van der Waals surface area contributed by atoms with Crippen molar-refractivity contribution in [3.8, 4) is 0 Å². The van der Waals surface area contributed by atoms with Crippen LogP contribution in [-0.4, -0.2) is 29.9 Å². The van der Waals surface area contributed by atoms with Crippen LogP contribution in [0.25, 0.3) is 0 Å². The first-order chi connectivity index (χ1) is 9.97. The Morgan fingerprint density at radius 2 is 1.95 bits per heavy atom. The Morgan fingerprint density at radius 1 is 1.29 bits per heavy atom. The maximum atomic E-state index is 12.0. The van der Waals surface area contributed by atoms with E-state index in [0.717, 1.165) is 30.4 Å². The van der Waals surface area contributed by atoms with Gasteiger partial charge in [-0.3, -0.25) is 4.79 Å². The molecule has 116 valence electrons. The molecule has 1 unspecified atom stereocenters. The van der Waals surface area contributed by atoms with Crippen LogP contribution >= 0.6 is 15.9 Å². The van der Waals surface area contributed by atoms with E-state index < -0.39 is 0 Å². The van der Waals surface area contributed by atoms with E-state index in [2.05, 4.69) is 46.4 Å². The number of piperidine rings is 1. The molecule has 1 N–H and O–H groups in total. The van der Waals surface area contributed by atoms with Crippen LogP contribution in [0.3, 0.4) is 0 Å². The van der Waals surface area contributed by atoms with Gasteiger partial charge < -0.3 is 10.2 Å².